The first-order chi connectivity index (χ1) is 5.34. The molecule has 0 spiro atoms. The SMILES string of the molecule is Cc1cscc1C=CCCO. The van der Waals surface area contributed by atoms with Crippen molar-refractivity contribution in [2.24, 2.45) is 0 Å². The van der Waals surface area contributed by atoms with E-state index in [-0.39, 0.29) is 6.61 Å². The predicted octanol–water partition coefficient (Wildman–Crippen LogP) is 2.45. The van der Waals surface area contributed by atoms with Crippen molar-refractivity contribution in [3.8, 4) is 0 Å². The van der Waals surface area contributed by atoms with Gasteiger partial charge in [0.25, 0.3) is 0 Å². The molecule has 1 rings (SSSR count). The second-order valence-electron chi connectivity index (χ2n) is 2.42. The molecule has 1 nitrogen and oxygen atoms in total. The minimum absolute atomic E-state index is 0.236. The molecule has 1 heterocycles. The zero-order valence-electron chi connectivity index (χ0n) is 6.58. The molecule has 0 aromatic carbocycles. The standard InChI is InChI=1S/C9H12OS/c1-8-6-11-7-9(8)4-2-3-5-10/h2,4,6-7,10H,3,5H2,1H3. The number of thiophene rings is 1. The Balaban J connectivity index is 2.56. The van der Waals surface area contributed by atoms with Crippen molar-refractivity contribution in [3.63, 3.8) is 0 Å². The molecule has 1 N–H and O–H groups in total. The van der Waals surface area contributed by atoms with E-state index in [1.807, 2.05) is 6.08 Å². The Morgan fingerprint density at radius 3 is 2.91 bits per heavy atom. The smallest absolute Gasteiger partial charge is 0.0465 e. The Morgan fingerprint density at radius 1 is 1.55 bits per heavy atom. The highest BCUT2D eigenvalue weighted by Gasteiger charge is 1.91. The number of aryl methyl sites for hydroxylation is 1. The molecule has 0 aliphatic carbocycles. The second kappa shape index (κ2) is 4.31. The topological polar surface area (TPSA) is 20.2 Å². The summed E-state index contributed by atoms with van der Waals surface area (Å²) in [5, 5.41) is 12.8. The van der Waals surface area contributed by atoms with Crippen LogP contribution < -0.4 is 0 Å². The number of aliphatic hydroxyl groups excluding tert-OH is 1. The molecule has 0 amide bonds. The van der Waals surface area contributed by atoms with E-state index in [9.17, 15) is 0 Å². The highest BCUT2D eigenvalue weighted by atomic mass is 32.1. The van der Waals surface area contributed by atoms with Crippen LogP contribution in [-0.2, 0) is 0 Å². The Hall–Kier alpha value is -0.600. The van der Waals surface area contributed by atoms with Gasteiger partial charge < -0.3 is 5.11 Å². The van der Waals surface area contributed by atoms with Gasteiger partial charge in [0.2, 0.25) is 0 Å². The maximum absolute atomic E-state index is 8.52. The van der Waals surface area contributed by atoms with Crippen LogP contribution in [0.15, 0.2) is 16.8 Å². The van der Waals surface area contributed by atoms with Crippen molar-refractivity contribution < 1.29 is 5.11 Å². The monoisotopic (exact) mass is 168 g/mol. The fraction of sp³-hybridized carbons (Fsp3) is 0.333. The van der Waals surface area contributed by atoms with E-state index in [4.69, 9.17) is 5.11 Å². The molecule has 0 radical (unpaired) electrons. The molecular formula is C9H12OS. The van der Waals surface area contributed by atoms with Crippen LogP contribution in [-0.4, -0.2) is 11.7 Å². The average molecular weight is 168 g/mol. The number of hydrogen-bond donors (Lipinski definition) is 1. The lowest BCUT2D eigenvalue weighted by Gasteiger charge is -1.88. The van der Waals surface area contributed by atoms with Gasteiger partial charge in [0, 0.05) is 6.61 Å². The molecule has 0 saturated carbocycles. The van der Waals surface area contributed by atoms with Crippen LogP contribution in [0.2, 0.25) is 0 Å². The van der Waals surface area contributed by atoms with Gasteiger partial charge in [0.05, 0.1) is 0 Å². The minimum atomic E-state index is 0.236. The van der Waals surface area contributed by atoms with Crippen molar-refractivity contribution in [3.05, 3.63) is 28.0 Å². The van der Waals surface area contributed by atoms with Gasteiger partial charge in [-0.15, -0.1) is 0 Å². The minimum Gasteiger partial charge on any atom is -0.396 e. The van der Waals surface area contributed by atoms with Crippen molar-refractivity contribution >= 4 is 17.4 Å². The van der Waals surface area contributed by atoms with Crippen molar-refractivity contribution in [2.75, 3.05) is 6.61 Å². The van der Waals surface area contributed by atoms with Crippen molar-refractivity contribution in [1.82, 2.24) is 0 Å². The Morgan fingerprint density at radius 2 is 2.36 bits per heavy atom. The fourth-order valence-corrected chi connectivity index (χ4v) is 1.65. The molecule has 0 unspecified atom stereocenters. The number of hydrogen-bond acceptors (Lipinski definition) is 2. The van der Waals surface area contributed by atoms with Crippen LogP contribution in [0.25, 0.3) is 6.08 Å². The molecule has 1 aromatic heterocycles. The fourth-order valence-electron chi connectivity index (χ4n) is 0.826. The first-order valence-corrected chi connectivity index (χ1v) is 4.59. The van der Waals surface area contributed by atoms with E-state index in [0.717, 1.165) is 6.42 Å². The summed E-state index contributed by atoms with van der Waals surface area (Å²) in [6, 6.07) is 0. The summed E-state index contributed by atoms with van der Waals surface area (Å²) >= 11 is 1.71. The molecule has 2 heteroatoms. The Labute approximate surface area is 71.0 Å². The number of aliphatic hydroxyl groups is 1. The van der Waals surface area contributed by atoms with Crippen LogP contribution in [0.3, 0.4) is 0 Å². The molecule has 0 aliphatic rings. The molecule has 0 aliphatic heterocycles. The lowest BCUT2D eigenvalue weighted by atomic mass is 10.2. The van der Waals surface area contributed by atoms with Crippen LogP contribution in [0, 0.1) is 6.92 Å². The van der Waals surface area contributed by atoms with E-state index in [2.05, 4.69) is 23.8 Å². The van der Waals surface area contributed by atoms with Gasteiger partial charge in [-0.25, -0.2) is 0 Å². The van der Waals surface area contributed by atoms with Gasteiger partial charge in [0.1, 0.15) is 0 Å². The zero-order valence-corrected chi connectivity index (χ0v) is 7.40. The average Bonchev–Trinajstić information content (AvgIpc) is 2.37. The number of rotatable bonds is 3. The van der Waals surface area contributed by atoms with Crippen LogP contribution in [0.5, 0.6) is 0 Å². The van der Waals surface area contributed by atoms with Crippen LogP contribution in [0.1, 0.15) is 17.5 Å². The van der Waals surface area contributed by atoms with E-state index in [0.29, 0.717) is 0 Å². The van der Waals surface area contributed by atoms with Crippen molar-refractivity contribution in [1.29, 1.82) is 0 Å². The van der Waals surface area contributed by atoms with Gasteiger partial charge in [0.15, 0.2) is 0 Å². The quantitative estimate of drug-likeness (QED) is 0.735. The third-order valence-electron chi connectivity index (χ3n) is 1.49. The van der Waals surface area contributed by atoms with Gasteiger partial charge in [-0.3, -0.25) is 0 Å². The predicted molar refractivity (Wildman–Crippen MR) is 49.8 cm³/mol. The molecular weight excluding hydrogens is 156 g/mol. The summed E-state index contributed by atoms with van der Waals surface area (Å²) in [6.45, 7) is 2.33. The second-order valence-corrected chi connectivity index (χ2v) is 3.17. The largest absolute Gasteiger partial charge is 0.396 e. The lowest BCUT2D eigenvalue weighted by Crippen LogP contribution is -1.75. The summed E-state index contributed by atoms with van der Waals surface area (Å²) < 4.78 is 0. The zero-order chi connectivity index (χ0) is 8.10. The van der Waals surface area contributed by atoms with E-state index in [1.54, 1.807) is 11.3 Å². The van der Waals surface area contributed by atoms with Crippen LogP contribution in [0.4, 0.5) is 0 Å². The highest BCUT2D eigenvalue weighted by molar-refractivity contribution is 7.08. The molecule has 0 fully saturated rings. The van der Waals surface area contributed by atoms with E-state index < -0.39 is 0 Å². The lowest BCUT2D eigenvalue weighted by molar-refractivity contribution is 0.303. The van der Waals surface area contributed by atoms with Gasteiger partial charge >= 0.3 is 0 Å². The first-order valence-electron chi connectivity index (χ1n) is 3.65. The summed E-state index contributed by atoms with van der Waals surface area (Å²) in [5.74, 6) is 0. The summed E-state index contributed by atoms with van der Waals surface area (Å²) in [7, 11) is 0. The third kappa shape index (κ3) is 2.48. The molecule has 0 saturated heterocycles. The molecule has 11 heavy (non-hydrogen) atoms. The summed E-state index contributed by atoms with van der Waals surface area (Å²) in [6.07, 6.45) is 4.80. The normalized spacial score (nSPS) is 11.1. The van der Waals surface area contributed by atoms with Crippen LogP contribution >= 0.6 is 11.3 Å². The van der Waals surface area contributed by atoms with E-state index >= 15 is 0 Å². The molecule has 0 bridgehead atoms. The Bertz CT molecular complexity index is 237. The van der Waals surface area contributed by atoms with Gasteiger partial charge in [-0.1, -0.05) is 12.2 Å². The summed E-state index contributed by atoms with van der Waals surface area (Å²) in [4.78, 5) is 0. The van der Waals surface area contributed by atoms with Crippen molar-refractivity contribution in [2.45, 2.75) is 13.3 Å². The maximum Gasteiger partial charge on any atom is 0.0465 e. The molecule has 0 atom stereocenters. The third-order valence-corrected chi connectivity index (χ3v) is 2.37. The van der Waals surface area contributed by atoms with Gasteiger partial charge in [-0.2, -0.15) is 11.3 Å². The summed E-state index contributed by atoms with van der Waals surface area (Å²) in [5.41, 5.74) is 2.58. The maximum atomic E-state index is 8.52. The van der Waals surface area contributed by atoms with E-state index in [1.165, 1.54) is 11.1 Å². The highest BCUT2D eigenvalue weighted by Crippen LogP contribution is 2.14. The first kappa shape index (κ1) is 8.50. The molecule has 60 valence electrons. The van der Waals surface area contributed by atoms with Gasteiger partial charge in [-0.05, 0) is 35.2 Å². The Kier molecular flexibility index (Phi) is 3.33. The molecule has 1 aromatic rings.